The average molecular weight is 339 g/mol. The molecule has 3 nitrogen and oxygen atoms in total. The zero-order valence-electron chi connectivity index (χ0n) is 12.1. The van der Waals surface area contributed by atoms with Crippen LogP contribution in [0.15, 0.2) is 80.1 Å². The summed E-state index contributed by atoms with van der Waals surface area (Å²) < 4.78 is 11.4. The lowest BCUT2D eigenvalue weighted by molar-refractivity contribution is 0.524. The van der Waals surface area contributed by atoms with Crippen molar-refractivity contribution in [3.05, 3.63) is 71.8 Å². The summed E-state index contributed by atoms with van der Waals surface area (Å²) in [4.78, 5) is 5.71. The highest BCUT2D eigenvalue weighted by atomic mass is 32.2. The molecule has 114 valence electrons. The van der Waals surface area contributed by atoms with Gasteiger partial charge in [0.15, 0.2) is 11.5 Å². The van der Waals surface area contributed by atoms with Crippen LogP contribution in [0.3, 0.4) is 0 Å². The van der Waals surface area contributed by atoms with Crippen LogP contribution >= 0.6 is 23.1 Å². The van der Waals surface area contributed by atoms with Gasteiger partial charge in [-0.3, -0.25) is 0 Å². The zero-order valence-corrected chi connectivity index (χ0v) is 13.8. The molecule has 0 N–H and O–H groups in total. The minimum absolute atomic E-state index is 0.522. The highest BCUT2D eigenvalue weighted by molar-refractivity contribution is 7.98. The first kappa shape index (κ1) is 14.4. The maximum Gasteiger partial charge on any atom is 0.264 e. The van der Waals surface area contributed by atoms with Crippen molar-refractivity contribution in [1.29, 1.82) is 0 Å². The third-order valence-corrected chi connectivity index (χ3v) is 5.19. The highest BCUT2D eigenvalue weighted by Gasteiger charge is 2.19. The minimum atomic E-state index is 0.522. The van der Waals surface area contributed by atoms with Gasteiger partial charge >= 0.3 is 0 Å². The van der Waals surface area contributed by atoms with Crippen molar-refractivity contribution in [2.45, 2.75) is 10.8 Å². The van der Waals surface area contributed by atoms with Crippen LogP contribution in [0.2, 0.25) is 0 Å². The molecule has 5 heteroatoms. The lowest BCUT2D eigenvalue weighted by Crippen LogP contribution is -1.81. The van der Waals surface area contributed by atoms with E-state index in [9.17, 15) is 0 Å². The smallest absolute Gasteiger partial charge is 0.264 e. The number of benzene rings is 1. The van der Waals surface area contributed by atoms with Gasteiger partial charge in [0.05, 0.1) is 11.1 Å². The molecule has 0 saturated carbocycles. The van der Waals surface area contributed by atoms with Crippen LogP contribution in [0.25, 0.3) is 22.3 Å². The number of thiophene rings is 1. The normalized spacial score (nSPS) is 11.0. The Labute approximate surface area is 142 Å². The number of furan rings is 1. The Morgan fingerprint density at radius 2 is 1.91 bits per heavy atom. The second kappa shape index (κ2) is 6.48. The van der Waals surface area contributed by atoms with Crippen molar-refractivity contribution < 1.29 is 8.83 Å². The van der Waals surface area contributed by atoms with Crippen molar-refractivity contribution in [2.75, 3.05) is 0 Å². The summed E-state index contributed by atoms with van der Waals surface area (Å²) in [5.41, 5.74) is 1.26. The van der Waals surface area contributed by atoms with E-state index in [4.69, 9.17) is 8.83 Å². The number of hydrogen-bond donors (Lipinski definition) is 0. The fourth-order valence-corrected chi connectivity index (χ4v) is 3.90. The highest BCUT2D eigenvalue weighted by Crippen LogP contribution is 2.38. The topological polar surface area (TPSA) is 39.2 Å². The van der Waals surface area contributed by atoms with Gasteiger partial charge in [-0.05, 0) is 29.1 Å². The molecule has 1 aromatic carbocycles. The fourth-order valence-electron chi connectivity index (χ4n) is 2.20. The fraction of sp³-hybridized carbons (Fsp3) is 0.0556. The van der Waals surface area contributed by atoms with E-state index in [1.165, 1.54) is 5.56 Å². The molecule has 0 aliphatic heterocycles. The molecule has 4 rings (SSSR count). The summed E-state index contributed by atoms with van der Waals surface area (Å²) in [5, 5.41) is 2.93. The van der Waals surface area contributed by atoms with Crippen molar-refractivity contribution in [1.82, 2.24) is 4.98 Å². The first-order chi connectivity index (χ1) is 11.4. The molecule has 0 amide bonds. The van der Waals surface area contributed by atoms with E-state index in [2.05, 4.69) is 17.1 Å². The quantitative estimate of drug-likeness (QED) is 0.421. The van der Waals surface area contributed by atoms with Gasteiger partial charge < -0.3 is 8.83 Å². The monoisotopic (exact) mass is 339 g/mol. The van der Waals surface area contributed by atoms with Crippen LogP contribution in [0, 0.1) is 0 Å². The minimum Gasteiger partial charge on any atom is -0.459 e. The Balaban J connectivity index is 1.66. The van der Waals surface area contributed by atoms with E-state index in [1.807, 2.05) is 47.8 Å². The molecule has 23 heavy (non-hydrogen) atoms. The van der Waals surface area contributed by atoms with Gasteiger partial charge in [0.1, 0.15) is 5.03 Å². The van der Waals surface area contributed by atoms with Gasteiger partial charge in [0.25, 0.3) is 5.89 Å². The molecular weight excluding hydrogens is 326 g/mol. The van der Waals surface area contributed by atoms with Crippen LogP contribution in [0.1, 0.15) is 5.56 Å². The number of thioether (sulfide) groups is 1. The van der Waals surface area contributed by atoms with Crippen LogP contribution in [0.5, 0.6) is 0 Å². The zero-order chi connectivity index (χ0) is 15.5. The molecule has 4 aromatic rings. The van der Waals surface area contributed by atoms with Crippen LogP contribution in [0.4, 0.5) is 0 Å². The van der Waals surface area contributed by atoms with Gasteiger partial charge in [-0.2, -0.15) is 4.98 Å². The molecule has 0 radical (unpaired) electrons. The van der Waals surface area contributed by atoms with E-state index >= 15 is 0 Å². The van der Waals surface area contributed by atoms with Gasteiger partial charge in [-0.1, -0.05) is 48.2 Å². The van der Waals surface area contributed by atoms with Crippen molar-refractivity contribution in [3.8, 4) is 22.3 Å². The summed E-state index contributed by atoms with van der Waals surface area (Å²) in [6, 6.07) is 18.1. The van der Waals surface area contributed by atoms with Crippen LogP contribution in [-0.4, -0.2) is 4.98 Å². The van der Waals surface area contributed by atoms with Crippen LogP contribution < -0.4 is 0 Å². The molecule has 0 atom stereocenters. The number of rotatable bonds is 5. The number of oxazole rings is 1. The maximum atomic E-state index is 5.98. The summed E-state index contributed by atoms with van der Waals surface area (Å²) in [6.45, 7) is 0. The predicted octanol–water partition coefficient (Wildman–Crippen LogP) is 5.96. The Kier molecular flexibility index (Phi) is 4.05. The molecule has 0 fully saturated rings. The summed E-state index contributed by atoms with van der Waals surface area (Å²) in [5.74, 6) is 2.83. The predicted molar refractivity (Wildman–Crippen MR) is 93.5 cm³/mol. The number of aromatic nitrogens is 1. The van der Waals surface area contributed by atoms with Gasteiger partial charge in [0.2, 0.25) is 0 Å². The number of hydrogen-bond acceptors (Lipinski definition) is 5. The molecule has 0 bridgehead atoms. The SMILES string of the molecule is c1ccc(CSc2nc(-c3ccco3)oc2-c2cccs2)cc1. The lowest BCUT2D eigenvalue weighted by atomic mass is 10.2. The first-order valence-corrected chi connectivity index (χ1v) is 9.02. The molecule has 3 heterocycles. The third kappa shape index (κ3) is 3.11. The molecule has 0 saturated heterocycles. The summed E-state index contributed by atoms with van der Waals surface area (Å²) in [7, 11) is 0. The molecular formula is C18H13NO2S2. The molecule has 0 spiro atoms. The van der Waals surface area contributed by atoms with E-state index in [-0.39, 0.29) is 0 Å². The standard InChI is InChI=1S/C18H13NO2S2/c1-2-6-13(7-3-1)12-23-18-16(15-9-5-11-22-15)21-17(19-18)14-8-4-10-20-14/h1-11H,12H2. The number of nitrogens with zero attached hydrogens (tertiary/aromatic N) is 1. The van der Waals surface area contributed by atoms with Crippen molar-refractivity contribution in [3.63, 3.8) is 0 Å². The van der Waals surface area contributed by atoms with Gasteiger partial charge in [-0.25, -0.2) is 0 Å². The second-order valence-corrected chi connectivity index (χ2v) is 6.79. The van der Waals surface area contributed by atoms with E-state index in [0.29, 0.717) is 11.7 Å². The Morgan fingerprint density at radius 1 is 1.00 bits per heavy atom. The average Bonchev–Trinajstić information content (AvgIpc) is 3.33. The van der Waals surface area contributed by atoms with Crippen molar-refractivity contribution in [2.24, 2.45) is 0 Å². The van der Waals surface area contributed by atoms with E-state index in [1.54, 1.807) is 29.4 Å². The largest absolute Gasteiger partial charge is 0.459 e. The second-order valence-electron chi connectivity index (χ2n) is 4.88. The Bertz CT molecular complexity index is 865. The Morgan fingerprint density at radius 3 is 2.65 bits per heavy atom. The first-order valence-electron chi connectivity index (χ1n) is 7.15. The molecule has 3 aromatic heterocycles. The third-order valence-electron chi connectivity index (χ3n) is 3.29. The Hall–Kier alpha value is -2.24. The van der Waals surface area contributed by atoms with Crippen molar-refractivity contribution >= 4 is 23.1 Å². The lowest BCUT2D eigenvalue weighted by Gasteiger charge is -2.00. The summed E-state index contributed by atoms with van der Waals surface area (Å²) in [6.07, 6.45) is 1.63. The summed E-state index contributed by atoms with van der Waals surface area (Å²) >= 11 is 3.32. The van der Waals surface area contributed by atoms with Gasteiger partial charge in [-0.15, -0.1) is 11.3 Å². The molecule has 0 aliphatic carbocycles. The van der Waals surface area contributed by atoms with E-state index in [0.717, 1.165) is 21.4 Å². The van der Waals surface area contributed by atoms with Gasteiger partial charge in [0, 0.05) is 5.75 Å². The van der Waals surface area contributed by atoms with Crippen LogP contribution in [-0.2, 0) is 5.75 Å². The molecule has 0 unspecified atom stereocenters. The molecule has 0 aliphatic rings. The maximum absolute atomic E-state index is 5.98. The van der Waals surface area contributed by atoms with E-state index < -0.39 is 0 Å².